The lowest BCUT2D eigenvalue weighted by Crippen LogP contribution is -2.19. The molecule has 0 saturated heterocycles. The molecule has 4 nitrogen and oxygen atoms in total. The van der Waals surface area contributed by atoms with Gasteiger partial charge in [0.25, 0.3) is 0 Å². The number of amides is 1. The Bertz CT molecular complexity index is 1140. The second-order valence-corrected chi connectivity index (χ2v) is 10.8. The van der Waals surface area contributed by atoms with Gasteiger partial charge in [-0.05, 0) is 111 Å². The molecule has 0 aliphatic heterocycles. The topological polar surface area (TPSA) is 51.2 Å². The normalized spacial score (nSPS) is 21.1. The summed E-state index contributed by atoms with van der Waals surface area (Å²) in [5, 5.41) is 3.03. The van der Waals surface area contributed by atoms with Crippen LogP contribution in [-0.2, 0) is 4.74 Å². The van der Waals surface area contributed by atoms with E-state index in [2.05, 4.69) is 34.0 Å². The minimum atomic E-state index is -0.412. The van der Waals surface area contributed by atoms with Crippen LogP contribution < -0.4 is 5.32 Å². The number of carbonyl (C=O) groups excluding carboxylic acids is 1. The van der Waals surface area contributed by atoms with Gasteiger partial charge in [-0.15, -0.1) is 0 Å². The van der Waals surface area contributed by atoms with Crippen molar-refractivity contribution in [3.8, 4) is 0 Å². The van der Waals surface area contributed by atoms with E-state index >= 15 is 0 Å². The smallest absolute Gasteiger partial charge is 0.412 e. The first-order valence-corrected chi connectivity index (χ1v) is 13.4. The molecule has 0 spiro atoms. The van der Waals surface area contributed by atoms with Crippen molar-refractivity contribution in [2.75, 3.05) is 5.32 Å². The van der Waals surface area contributed by atoms with Gasteiger partial charge < -0.3 is 4.74 Å². The number of hydrogen-bond donors (Lipinski definition) is 1. The molecule has 5 heteroatoms. The Balaban J connectivity index is 1.20. The molecule has 5 rings (SSSR count). The van der Waals surface area contributed by atoms with Crippen molar-refractivity contribution < 1.29 is 9.53 Å². The fraction of sp³-hybridized carbons (Fsp3) is 0.448. The zero-order chi connectivity index (χ0) is 23.7. The molecule has 178 valence electrons. The molecule has 0 radical (unpaired) electrons. The Hall–Kier alpha value is -2.66. The van der Waals surface area contributed by atoms with Crippen molar-refractivity contribution >= 4 is 23.3 Å². The second-order valence-electron chi connectivity index (χ2n) is 10.0. The first-order valence-electron chi connectivity index (χ1n) is 12.6. The largest absolute Gasteiger partial charge is 0.441 e. The maximum atomic E-state index is 12.8. The SMILES string of the molecule is Cc1ccccc1C(C)OC(=O)Nc1c(C)nsc1C1CCC(c2ccc(C3CC3)cc2)CC1. The van der Waals surface area contributed by atoms with Gasteiger partial charge in [0.05, 0.1) is 16.3 Å². The van der Waals surface area contributed by atoms with Crippen molar-refractivity contribution in [1.82, 2.24) is 4.37 Å². The molecule has 1 N–H and O–H groups in total. The summed E-state index contributed by atoms with van der Waals surface area (Å²) in [4.78, 5) is 13.9. The number of nitrogens with zero attached hydrogens (tertiary/aromatic N) is 1. The summed E-state index contributed by atoms with van der Waals surface area (Å²) in [6.45, 7) is 5.92. The third-order valence-electron chi connectivity index (χ3n) is 7.58. The van der Waals surface area contributed by atoms with Crippen LogP contribution in [0, 0.1) is 13.8 Å². The summed E-state index contributed by atoms with van der Waals surface area (Å²) < 4.78 is 10.3. The zero-order valence-corrected chi connectivity index (χ0v) is 21.2. The number of aromatic nitrogens is 1. The van der Waals surface area contributed by atoms with E-state index in [1.807, 2.05) is 45.0 Å². The van der Waals surface area contributed by atoms with Crippen LogP contribution in [0.1, 0.15) is 102 Å². The molecule has 1 amide bonds. The molecule has 1 unspecified atom stereocenters. The van der Waals surface area contributed by atoms with Crippen molar-refractivity contribution in [3.05, 3.63) is 81.4 Å². The van der Waals surface area contributed by atoms with Crippen molar-refractivity contribution in [2.45, 2.75) is 83.2 Å². The maximum absolute atomic E-state index is 12.8. The van der Waals surface area contributed by atoms with E-state index < -0.39 is 6.09 Å². The standard InChI is InChI=1S/C29H34N2O2S/c1-18-6-4-5-7-26(18)20(3)33-29(32)30-27-19(2)31-34-28(27)25-16-14-24(15-17-25)23-12-10-22(11-13-23)21-8-9-21/h4-7,10-13,20-21,24-25H,8-9,14-17H2,1-3H3,(H,30,32). The molecular weight excluding hydrogens is 440 g/mol. The van der Waals surface area contributed by atoms with Gasteiger partial charge in [-0.2, -0.15) is 4.37 Å². The van der Waals surface area contributed by atoms with Crippen LogP contribution in [0.25, 0.3) is 0 Å². The Morgan fingerprint density at radius 2 is 1.47 bits per heavy atom. The number of hydrogen-bond acceptors (Lipinski definition) is 4. The van der Waals surface area contributed by atoms with Crippen molar-refractivity contribution in [1.29, 1.82) is 0 Å². The molecule has 2 saturated carbocycles. The monoisotopic (exact) mass is 474 g/mol. The minimum Gasteiger partial charge on any atom is -0.441 e. The van der Waals surface area contributed by atoms with Gasteiger partial charge in [0.15, 0.2) is 0 Å². The number of anilines is 1. The highest BCUT2D eigenvalue weighted by molar-refractivity contribution is 7.06. The summed E-state index contributed by atoms with van der Waals surface area (Å²) in [6.07, 6.45) is 6.60. The number of nitrogens with one attached hydrogen (secondary N) is 1. The average molecular weight is 475 g/mol. The lowest BCUT2D eigenvalue weighted by Gasteiger charge is -2.29. The summed E-state index contributed by atoms with van der Waals surface area (Å²) in [6, 6.07) is 17.4. The van der Waals surface area contributed by atoms with Crippen molar-refractivity contribution in [2.24, 2.45) is 0 Å². The molecule has 3 aromatic rings. The van der Waals surface area contributed by atoms with Crippen LogP contribution in [0.3, 0.4) is 0 Å². The first kappa shape index (κ1) is 23.1. The average Bonchev–Trinajstić information content (AvgIpc) is 3.64. The molecule has 2 aliphatic rings. The third-order valence-corrected chi connectivity index (χ3v) is 8.68. The highest BCUT2D eigenvalue weighted by atomic mass is 32.1. The number of rotatable bonds is 6. The summed E-state index contributed by atoms with van der Waals surface area (Å²) in [5.74, 6) is 1.89. The van der Waals surface area contributed by atoms with E-state index in [4.69, 9.17) is 4.74 Å². The molecule has 1 atom stereocenters. The molecular formula is C29H34N2O2S. The fourth-order valence-electron chi connectivity index (χ4n) is 5.36. The van der Waals surface area contributed by atoms with Gasteiger partial charge in [0.2, 0.25) is 0 Å². The van der Waals surface area contributed by atoms with E-state index in [9.17, 15) is 4.79 Å². The number of ether oxygens (including phenoxy) is 1. The Labute approximate surface area is 206 Å². The summed E-state index contributed by atoms with van der Waals surface area (Å²) in [7, 11) is 0. The maximum Gasteiger partial charge on any atom is 0.412 e. The lowest BCUT2D eigenvalue weighted by molar-refractivity contribution is 0.121. The Kier molecular flexibility index (Phi) is 6.73. The van der Waals surface area contributed by atoms with Crippen LogP contribution in [0.5, 0.6) is 0 Å². The van der Waals surface area contributed by atoms with Gasteiger partial charge in [-0.25, -0.2) is 4.79 Å². The van der Waals surface area contributed by atoms with Crippen LogP contribution in [0.4, 0.5) is 10.5 Å². The molecule has 1 aromatic heterocycles. The summed E-state index contributed by atoms with van der Waals surface area (Å²) >= 11 is 1.53. The van der Waals surface area contributed by atoms with Gasteiger partial charge in [-0.3, -0.25) is 5.32 Å². The van der Waals surface area contributed by atoms with Gasteiger partial charge in [0.1, 0.15) is 6.10 Å². The van der Waals surface area contributed by atoms with E-state index in [-0.39, 0.29) is 6.10 Å². The van der Waals surface area contributed by atoms with Gasteiger partial charge in [0, 0.05) is 0 Å². The molecule has 0 bridgehead atoms. The predicted molar refractivity (Wildman–Crippen MR) is 139 cm³/mol. The molecule has 2 aromatic carbocycles. The molecule has 1 heterocycles. The molecule has 34 heavy (non-hydrogen) atoms. The lowest BCUT2D eigenvalue weighted by atomic mass is 9.77. The molecule has 2 fully saturated rings. The summed E-state index contributed by atoms with van der Waals surface area (Å²) in [5.41, 5.74) is 6.87. The highest BCUT2D eigenvalue weighted by Gasteiger charge is 2.29. The van der Waals surface area contributed by atoms with Crippen LogP contribution in [-0.4, -0.2) is 10.5 Å². The highest BCUT2D eigenvalue weighted by Crippen LogP contribution is 2.45. The number of benzene rings is 2. The third kappa shape index (κ3) is 5.05. The number of carbonyl (C=O) groups is 1. The van der Waals surface area contributed by atoms with Crippen LogP contribution in [0.15, 0.2) is 48.5 Å². The van der Waals surface area contributed by atoms with Crippen LogP contribution in [0.2, 0.25) is 0 Å². The quantitative estimate of drug-likeness (QED) is 0.390. The van der Waals surface area contributed by atoms with E-state index in [0.29, 0.717) is 11.8 Å². The Morgan fingerprint density at radius 3 is 2.06 bits per heavy atom. The first-order chi connectivity index (χ1) is 16.5. The van der Waals surface area contributed by atoms with Gasteiger partial charge in [-0.1, -0.05) is 48.5 Å². The van der Waals surface area contributed by atoms with Crippen LogP contribution >= 0.6 is 11.5 Å². The van der Waals surface area contributed by atoms with Crippen molar-refractivity contribution in [3.63, 3.8) is 0 Å². The Morgan fingerprint density at radius 1 is 0.912 bits per heavy atom. The predicted octanol–water partition coefficient (Wildman–Crippen LogP) is 8.39. The molecule has 2 aliphatic carbocycles. The second kappa shape index (κ2) is 9.91. The van der Waals surface area contributed by atoms with Gasteiger partial charge >= 0.3 is 6.09 Å². The minimum absolute atomic E-state index is 0.307. The van der Waals surface area contributed by atoms with E-state index in [0.717, 1.165) is 41.3 Å². The fourth-order valence-corrected chi connectivity index (χ4v) is 6.36. The zero-order valence-electron chi connectivity index (χ0n) is 20.3. The number of aryl methyl sites for hydroxylation is 2. The van der Waals surface area contributed by atoms with E-state index in [1.54, 1.807) is 0 Å². The van der Waals surface area contributed by atoms with E-state index in [1.165, 1.54) is 53.2 Å².